The molecule has 0 amide bonds. The predicted molar refractivity (Wildman–Crippen MR) is 94.1 cm³/mol. The van der Waals surface area contributed by atoms with E-state index >= 15 is 0 Å². The molecule has 0 aliphatic rings. The van der Waals surface area contributed by atoms with Crippen molar-refractivity contribution in [2.75, 3.05) is 0 Å². The molecule has 0 atom stereocenters. The zero-order valence-electron chi connectivity index (χ0n) is 14.0. The van der Waals surface area contributed by atoms with Crippen LogP contribution >= 0.6 is 0 Å². The molecule has 1 N–H and O–H groups in total. The molecule has 3 nitrogen and oxygen atoms in total. The molecule has 0 unspecified atom stereocenters. The summed E-state index contributed by atoms with van der Waals surface area (Å²) in [5.41, 5.74) is 4.30. The van der Waals surface area contributed by atoms with Crippen molar-refractivity contribution in [2.45, 2.75) is 33.1 Å². The monoisotopic (exact) mass is 306 g/mol. The van der Waals surface area contributed by atoms with E-state index < -0.39 is 0 Å². The lowest BCUT2D eigenvalue weighted by Gasteiger charge is -2.15. The van der Waals surface area contributed by atoms with E-state index in [1.807, 2.05) is 47.1 Å². The predicted octanol–water partition coefficient (Wildman–Crippen LogP) is 4.85. The number of aryl methyl sites for hydroxylation is 1. The van der Waals surface area contributed by atoms with Crippen LogP contribution in [0.4, 0.5) is 0 Å². The Bertz CT molecular complexity index is 809. The van der Waals surface area contributed by atoms with Crippen molar-refractivity contribution in [1.29, 1.82) is 0 Å². The van der Waals surface area contributed by atoms with Gasteiger partial charge in [0.15, 0.2) is 5.75 Å². The van der Waals surface area contributed by atoms with E-state index in [-0.39, 0.29) is 11.2 Å². The van der Waals surface area contributed by atoms with Gasteiger partial charge in [0.1, 0.15) is 11.4 Å². The molecule has 3 rings (SSSR count). The fraction of sp³-hybridized carbons (Fsp3) is 0.250. The topological polar surface area (TPSA) is 38.0 Å². The van der Waals surface area contributed by atoms with Gasteiger partial charge >= 0.3 is 0 Å². The van der Waals surface area contributed by atoms with Gasteiger partial charge in [-0.15, -0.1) is 0 Å². The van der Waals surface area contributed by atoms with Crippen LogP contribution in [0.1, 0.15) is 32.0 Å². The van der Waals surface area contributed by atoms with Gasteiger partial charge in [-0.3, -0.25) is 0 Å². The Balaban J connectivity index is 2.28. The number of nitrogens with zero attached hydrogens (tertiary/aromatic N) is 2. The zero-order valence-corrected chi connectivity index (χ0v) is 14.0. The number of hydrogen-bond acceptors (Lipinski definition) is 2. The van der Waals surface area contributed by atoms with Crippen molar-refractivity contribution < 1.29 is 5.11 Å². The molecule has 0 spiro atoms. The summed E-state index contributed by atoms with van der Waals surface area (Å²) in [5, 5.41) is 15.6. The molecule has 3 heteroatoms. The second-order valence-corrected chi connectivity index (χ2v) is 6.91. The van der Waals surface area contributed by atoms with Gasteiger partial charge in [0.25, 0.3) is 0 Å². The summed E-state index contributed by atoms with van der Waals surface area (Å²) in [5.74, 6) is 0.254. The van der Waals surface area contributed by atoms with E-state index in [1.54, 1.807) is 0 Å². The van der Waals surface area contributed by atoms with Crippen molar-refractivity contribution in [2.24, 2.45) is 0 Å². The maximum atomic E-state index is 10.8. The highest BCUT2D eigenvalue weighted by Gasteiger charge is 2.27. The summed E-state index contributed by atoms with van der Waals surface area (Å²) in [6.07, 6.45) is 0. The maximum absolute atomic E-state index is 10.8. The van der Waals surface area contributed by atoms with E-state index in [9.17, 15) is 5.11 Å². The summed E-state index contributed by atoms with van der Waals surface area (Å²) in [4.78, 5) is 0. The Hall–Kier alpha value is -2.55. The SMILES string of the molecule is Cc1ccc(-n2nc(C(C)(C)C)c(O)c2-c2ccccc2)cc1. The molecule has 0 saturated heterocycles. The van der Waals surface area contributed by atoms with Crippen LogP contribution in [-0.4, -0.2) is 14.9 Å². The van der Waals surface area contributed by atoms with Crippen LogP contribution in [0.3, 0.4) is 0 Å². The molecule has 0 fully saturated rings. The third-order valence-electron chi connectivity index (χ3n) is 3.90. The van der Waals surface area contributed by atoms with E-state index in [0.29, 0.717) is 5.69 Å². The Morgan fingerprint density at radius 2 is 1.52 bits per heavy atom. The van der Waals surface area contributed by atoms with Gasteiger partial charge in [-0.2, -0.15) is 5.10 Å². The first-order chi connectivity index (χ1) is 10.9. The molecule has 0 radical (unpaired) electrons. The molecule has 0 bridgehead atoms. The molecule has 1 aromatic heterocycles. The lowest BCUT2D eigenvalue weighted by molar-refractivity contribution is 0.445. The van der Waals surface area contributed by atoms with Crippen LogP contribution in [-0.2, 0) is 5.41 Å². The second kappa shape index (κ2) is 5.58. The lowest BCUT2D eigenvalue weighted by Crippen LogP contribution is -2.12. The standard InChI is InChI=1S/C20H22N2O/c1-14-10-12-16(13-11-14)22-17(15-8-6-5-7-9-15)18(23)19(21-22)20(2,3)4/h5-13,23H,1-4H3. The highest BCUT2D eigenvalue weighted by atomic mass is 16.3. The van der Waals surface area contributed by atoms with Crippen molar-refractivity contribution >= 4 is 0 Å². The van der Waals surface area contributed by atoms with Crippen molar-refractivity contribution in [3.05, 3.63) is 65.9 Å². The molecule has 1 heterocycles. The first kappa shape index (κ1) is 15.3. The Kier molecular flexibility index (Phi) is 3.72. The summed E-state index contributed by atoms with van der Waals surface area (Å²) in [6.45, 7) is 8.24. The van der Waals surface area contributed by atoms with Crippen LogP contribution in [0.25, 0.3) is 16.9 Å². The summed E-state index contributed by atoms with van der Waals surface area (Å²) in [7, 11) is 0. The van der Waals surface area contributed by atoms with Gasteiger partial charge in [-0.25, -0.2) is 4.68 Å². The van der Waals surface area contributed by atoms with Gasteiger partial charge in [-0.05, 0) is 19.1 Å². The minimum atomic E-state index is -0.233. The van der Waals surface area contributed by atoms with Gasteiger partial charge < -0.3 is 5.11 Å². The Morgan fingerprint density at radius 3 is 2.09 bits per heavy atom. The highest BCUT2D eigenvalue weighted by Crippen LogP contribution is 2.39. The minimum absolute atomic E-state index is 0.233. The molecule has 2 aromatic carbocycles. The normalized spacial score (nSPS) is 11.7. The van der Waals surface area contributed by atoms with Crippen LogP contribution in [0, 0.1) is 6.92 Å². The molecule has 0 saturated carbocycles. The smallest absolute Gasteiger partial charge is 0.166 e. The number of aromatic hydroxyl groups is 1. The van der Waals surface area contributed by atoms with Crippen LogP contribution in [0.5, 0.6) is 5.75 Å². The van der Waals surface area contributed by atoms with E-state index in [0.717, 1.165) is 16.9 Å². The fourth-order valence-electron chi connectivity index (χ4n) is 2.64. The number of benzene rings is 2. The summed E-state index contributed by atoms with van der Waals surface area (Å²) in [6, 6.07) is 18.1. The molecule has 0 aliphatic carbocycles. The average Bonchev–Trinajstić information content (AvgIpc) is 2.86. The first-order valence-corrected chi connectivity index (χ1v) is 7.83. The van der Waals surface area contributed by atoms with Gasteiger partial charge in [0.05, 0.1) is 5.69 Å². The number of rotatable bonds is 2. The van der Waals surface area contributed by atoms with Gasteiger partial charge in [-0.1, -0.05) is 68.8 Å². The third kappa shape index (κ3) is 2.87. The van der Waals surface area contributed by atoms with Crippen LogP contribution in [0.2, 0.25) is 0 Å². The third-order valence-corrected chi connectivity index (χ3v) is 3.90. The van der Waals surface area contributed by atoms with Crippen molar-refractivity contribution in [3.63, 3.8) is 0 Å². The summed E-state index contributed by atoms with van der Waals surface area (Å²) < 4.78 is 1.84. The highest BCUT2D eigenvalue weighted by molar-refractivity contribution is 5.70. The van der Waals surface area contributed by atoms with E-state index in [1.165, 1.54) is 5.56 Å². The molecule has 23 heavy (non-hydrogen) atoms. The van der Waals surface area contributed by atoms with Gasteiger partial charge in [0, 0.05) is 11.0 Å². The molecule has 0 aliphatic heterocycles. The molecular formula is C20H22N2O. The Labute approximate surface area is 137 Å². The van der Waals surface area contributed by atoms with Crippen LogP contribution < -0.4 is 0 Å². The minimum Gasteiger partial charge on any atom is -0.504 e. The number of aromatic nitrogens is 2. The van der Waals surface area contributed by atoms with E-state index in [2.05, 4.69) is 39.8 Å². The average molecular weight is 306 g/mol. The largest absolute Gasteiger partial charge is 0.504 e. The molecular weight excluding hydrogens is 284 g/mol. The quantitative estimate of drug-likeness (QED) is 0.735. The van der Waals surface area contributed by atoms with Crippen molar-refractivity contribution in [1.82, 2.24) is 9.78 Å². The maximum Gasteiger partial charge on any atom is 0.166 e. The number of hydrogen-bond donors (Lipinski definition) is 1. The molecule has 118 valence electrons. The lowest BCUT2D eigenvalue weighted by atomic mass is 9.91. The fourth-order valence-corrected chi connectivity index (χ4v) is 2.64. The zero-order chi connectivity index (χ0) is 16.6. The summed E-state index contributed by atoms with van der Waals surface area (Å²) >= 11 is 0. The van der Waals surface area contributed by atoms with E-state index in [4.69, 9.17) is 5.10 Å². The molecule has 3 aromatic rings. The van der Waals surface area contributed by atoms with Gasteiger partial charge in [0.2, 0.25) is 0 Å². The van der Waals surface area contributed by atoms with Crippen molar-refractivity contribution in [3.8, 4) is 22.7 Å². The van der Waals surface area contributed by atoms with Crippen LogP contribution in [0.15, 0.2) is 54.6 Å². The second-order valence-electron chi connectivity index (χ2n) is 6.91. The first-order valence-electron chi connectivity index (χ1n) is 7.83. The Morgan fingerprint density at radius 1 is 0.913 bits per heavy atom.